The standard InChI is InChI=1S/C21H17N5O6/c27-16-10-3-1-6-12(16)18(29)23-25-20(31)14-8-5-9-15(22-14)21(32)26-24-19(30)13-7-2-4-11-17(13)28/h1-11,27-28H,(H,23,29)(H,24,30)(H,25,31)(H,26,32). The van der Waals surface area contributed by atoms with Crippen LogP contribution < -0.4 is 21.7 Å². The quantitative estimate of drug-likeness (QED) is 0.327. The second kappa shape index (κ2) is 9.71. The summed E-state index contributed by atoms with van der Waals surface area (Å²) in [4.78, 5) is 52.5. The molecule has 162 valence electrons. The van der Waals surface area contributed by atoms with E-state index in [4.69, 9.17) is 0 Å². The predicted molar refractivity (Wildman–Crippen MR) is 110 cm³/mol. The number of pyridine rings is 1. The van der Waals surface area contributed by atoms with Gasteiger partial charge in [0.2, 0.25) is 0 Å². The third-order valence-electron chi connectivity index (χ3n) is 4.09. The van der Waals surface area contributed by atoms with Gasteiger partial charge in [0.15, 0.2) is 0 Å². The fourth-order valence-electron chi connectivity index (χ4n) is 2.51. The molecule has 11 heteroatoms. The number of aromatic nitrogens is 1. The number of rotatable bonds is 4. The van der Waals surface area contributed by atoms with Crippen LogP contribution in [0.15, 0.2) is 66.7 Å². The molecule has 0 bridgehead atoms. The number of amides is 4. The van der Waals surface area contributed by atoms with Crippen molar-refractivity contribution in [3.05, 3.63) is 89.2 Å². The van der Waals surface area contributed by atoms with Gasteiger partial charge >= 0.3 is 0 Å². The maximum atomic E-state index is 12.2. The lowest BCUT2D eigenvalue weighted by Crippen LogP contribution is -2.43. The molecular weight excluding hydrogens is 418 g/mol. The largest absolute Gasteiger partial charge is 0.507 e. The van der Waals surface area contributed by atoms with Crippen LogP contribution in [0, 0.1) is 0 Å². The first kappa shape index (κ1) is 21.8. The van der Waals surface area contributed by atoms with Gasteiger partial charge in [-0.1, -0.05) is 30.3 Å². The van der Waals surface area contributed by atoms with E-state index in [9.17, 15) is 29.4 Å². The Morgan fingerprint density at radius 3 is 1.31 bits per heavy atom. The van der Waals surface area contributed by atoms with Crippen molar-refractivity contribution in [3.8, 4) is 11.5 Å². The summed E-state index contributed by atoms with van der Waals surface area (Å²) in [6.07, 6.45) is 0. The molecule has 0 spiro atoms. The fourth-order valence-corrected chi connectivity index (χ4v) is 2.51. The van der Waals surface area contributed by atoms with Gasteiger partial charge in [0.05, 0.1) is 11.1 Å². The van der Waals surface area contributed by atoms with E-state index in [0.717, 1.165) is 0 Å². The SMILES string of the molecule is O=C(NNC(=O)c1ccccc1O)c1cccc(C(=O)NNC(=O)c2ccccc2O)n1. The highest BCUT2D eigenvalue weighted by Gasteiger charge is 2.16. The number of nitrogens with one attached hydrogen (secondary N) is 4. The number of para-hydroxylation sites is 2. The van der Waals surface area contributed by atoms with Crippen molar-refractivity contribution in [2.45, 2.75) is 0 Å². The van der Waals surface area contributed by atoms with Crippen molar-refractivity contribution in [2.24, 2.45) is 0 Å². The van der Waals surface area contributed by atoms with E-state index in [1.807, 2.05) is 0 Å². The second-order valence-electron chi connectivity index (χ2n) is 6.26. The Morgan fingerprint density at radius 1 is 0.531 bits per heavy atom. The van der Waals surface area contributed by atoms with Gasteiger partial charge in [-0.3, -0.25) is 40.9 Å². The average molecular weight is 435 g/mol. The van der Waals surface area contributed by atoms with Crippen LogP contribution in [0.3, 0.4) is 0 Å². The molecule has 0 aliphatic carbocycles. The van der Waals surface area contributed by atoms with Crippen molar-refractivity contribution in [1.29, 1.82) is 0 Å². The van der Waals surface area contributed by atoms with Crippen LogP contribution >= 0.6 is 0 Å². The summed E-state index contributed by atoms with van der Waals surface area (Å²) >= 11 is 0. The first-order valence-corrected chi connectivity index (χ1v) is 9.11. The van der Waals surface area contributed by atoms with Gasteiger partial charge in [0.1, 0.15) is 22.9 Å². The van der Waals surface area contributed by atoms with Gasteiger partial charge < -0.3 is 10.2 Å². The highest BCUT2D eigenvalue weighted by molar-refractivity contribution is 6.01. The lowest BCUT2D eigenvalue weighted by Gasteiger charge is -2.10. The minimum Gasteiger partial charge on any atom is -0.507 e. The number of hydrazine groups is 2. The molecule has 4 amide bonds. The topological polar surface area (TPSA) is 170 Å². The number of carbonyl (C=O) groups is 4. The molecule has 0 atom stereocenters. The Kier molecular flexibility index (Phi) is 6.61. The summed E-state index contributed by atoms with van der Waals surface area (Å²) in [7, 11) is 0. The van der Waals surface area contributed by atoms with E-state index in [1.54, 1.807) is 0 Å². The summed E-state index contributed by atoms with van der Waals surface area (Å²) in [6, 6.07) is 15.5. The first-order valence-electron chi connectivity index (χ1n) is 9.11. The summed E-state index contributed by atoms with van der Waals surface area (Å²) in [5, 5.41) is 19.3. The van der Waals surface area contributed by atoms with Gasteiger partial charge in [0, 0.05) is 0 Å². The molecule has 0 aliphatic heterocycles. The van der Waals surface area contributed by atoms with E-state index < -0.39 is 23.6 Å². The third-order valence-corrected chi connectivity index (χ3v) is 4.09. The van der Waals surface area contributed by atoms with Crippen LogP contribution in [0.4, 0.5) is 0 Å². The maximum Gasteiger partial charge on any atom is 0.288 e. The Bertz CT molecular complexity index is 1110. The van der Waals surface area contributed by atoms with Crippen LogP contribution in [0.1, 0.15) is 41.7 Å². The summed E-state index contributed by atoms with van der Waals surface area (Å²) in [5.41, 5.74) is 8.04. The molecule has 3 aromatic rings. The minimum atomic E-state index is -0.818. The molecule has 0 saturated heterocycles. The number of carbonyl (C=O) groups excluding carboxylic acids is 4. The number of benzene rings is 2. The van der Waals surface area contributed by atoms with Gasteiger partial charge in [0.25, 0.3) is 23.6 Å². The molecule has 0 saturated carbocycles. The predicted octanol–water partition coefficient (Wildman–Crippen LogP) is 0.642. The van der Waals surface area contributed by atoms with Gasteiger partial charge in [-0.05, 0) is 36.4 Å². The molecule has 0 fully saturated rings. The van der Waals surface area contributed by atoms with Crippen molar-refractivity contribution in [3.63, 3.8) is 0 Å². The molecule has 1 aromatic heterocycles. The molecule has 0 radical (unpaired) electrons. The van der Waals surface area contributed by atoms with Crippen molar-refractivity contribution in [1.82, 2.24) is 26.7 Å². The van der Waals surface area contributed by atoms with Crippen LogP contribution in [0.2, 0.25) is 0 Å². The van der Waals surface area contributed by atoms with Crippen LogP contribution in [0.5, 0.6) is 11.5 Å². The third kappa shape index (κ3) is 5.16. The number of nitrogens with zero attached hydrogens (tertiary/aromatic N) is 1. The molecule has 32 heavy (non-hydrogen) atoms. The van der Waals surface area contributed by atoms with Crippen molar-refractivity contribution in [2.75, 3.05) is 0 Å². The number of phenolic OH excluding ortho intramolecular Hbond substituents is 2. The zero-order valence-corrected chi connectivity index (χ0v) is 16.3. The molecule has 3 rings (SSSR count). The van der Waals surface area contributed by atoms with E-state index in [2.05, 4.69) is 26.7 Å². The number of hydrogen-bond donors (Lipinski definition) is 6. The second-order valence-corrected chi connectivity index (χ2v) is 6.26. The monoisotopic (exact) mass is 435 g/mol. The normalized spacial score (nSPS) is 10.0. The molecule has 2 aromatic carbocycles. The summed E-state index contributed by atoms with van der Waals surface area (Å²) < 4.78 is 0. The van der Waals surface area contributed by atoms with Crippen LogP contribution in [0.25, 0.3) is 0 Å². The minimum absolute atomic E-state index is 0.0471. The molecule has 1 heterocycles. The highest BCUT2D eigenvalue weighted by Crippen LogP contribution is 2.15. The van der Waals surface area contributed by atoms with Gasteiger partial charge in [-0.25, -0.2) is 4.98 Å². The Labute approximate surface area is 181 Å². The maximum absolute atomic E-state index is 12.2. The smallest absolute Gasteiger partial charge is 0.288 e. The van der Waals surface area contributed by atoms with E-state index >= 15 is 0 Å². The summed E-state index contributed by atoms with van der Waals surface area (Å²) in [6.45, 7) is 0. The molecular formula is C21H17N5O6. The van der Waals surface area contributed by atoms with Crippen LogP contribution in [-0.2, 0) is 0 Å². The van der Waals surface area contributed by atoms with Crippen molar-refractivity contribution < 1.29 is 29.4 Å². The van der Waals surface area contributed by atoms with E-state index in [0.29, 0.717) is 0 Å². The number of aromatic hydroxyl groups is 2. The van der Waals surface area contributed by atoms with E-state index in [1.165, 1.54) is 66.7 Å². The lowest BCUT2D eigenvalue weighted by atomic mass is 10.2. The lowest BCUT2D eigenvalue weighted by molar-refractivity contribution is 0.0835. The molecule has 11 nitrogen and oxygen atoms in total. The van der Waals surface area contributed by atoms with Crippen molar-refractivity contribution >= 4 is 23.6 Å². The number of phenols is 2. The van der Waals surface area contributed by atoms with E-state index in [-0.39, 0.29) is 34.0 Å². The summed E-state index contributed by atoms with van der Waals surface area (Å²) in [5.74, 6) is -3.67. The Morgan fingerprint density at radius 2 is 0.906 bits per heavy atom. The Balaban J connectivity index is 1.59. The average Bonchev–Trinajstić information content (AvgIpc) is 2.81. The number of hydrogen-bond acceptors (Lipinski definition) is 7. The molecule has 0 aliphatic rings. The highest BCUT2D eigenvalue weighted by atomic mass is 16.3. The molecule has 0 unspecified atom stereocenters. The fraction of sp³-hybridized carbons (Fsp3) is 0. The zero-order chi connectivity index (χ0) is 23.1. The van der Waals surface area contributed by atoms with Gasteiger partial charge in [-0.2, -0.15) is 0 Å². The van der Waals surface area contributed by atoms with Crippen LogP contribution in [-0.4, -0.2) is 38.8 Å². The zero-order valence-electron chi connectivity index (χ0n) is 16.3. The molecule has 6 N–H and O–H groups in total. The van der Waals surface area contributed by atoms with Gasteiger partial charge in [-0.15, -0.1) is 0 Å². The Hall–Kier alpha value is -4.93. The first-order chi connectivity index (χ1) is 15.4.